The fourth-order valence-electron chi connectivity index (χ4n) is 2.22. The van der Waals surface area contributed by atoms with Crippen LogP contribution < -0.4 is 25.2 Å². The number of hydrogen-bond donors (Lipinski definition) is 4. The van der Waals surface area contributed by atoms with Gasteiger partial charge in [-0.25, -0.2) is 18.4 Å². The number of carbonyl (C=O) groups excluding carboxylic acids is 1. The number of phenolic OH excluding ortho intramolecular Hbond substituents is 1. The van der Waals surface area contributed by atoms with Gasteiger partial charge < -0.3 is 25.2 Å². The number of fused-ring (bicyclic) bond motifs is 1. The van der Waals surface area contributed by atoms with Crippen LogP contribution in [-0.2, 0) is 10.0 Å². The van der Waals surface area contributed by atoms with Gasteiger partial charge in [0.25, 0.3) is 0 Å². The SMILES string of the molecule is NS(=O)(=O)c1c(Cl)ccc(NC(=O)Nc2cccc3c2OCO3)c1O. The summed E-state index contributed by atoms with van der Waals surface area (Å²) in [6, 6.07) is 6.60. The highest BCUT2D eigenvalue weighted by Gasteiger charge is 2.23. The molecule has 2 aromatic carbocycles. The second-order valence-electron chi connectivity index (χ2n) is 4.94. The van der Waals surface area contributed by atoms with Crippen LogP contribution in [0.15, 0.2) is 35.2 Å². The Bertz CT molecular complexity index is 963. The van der Waals surface area contributed by atoms with Crippen molar-refractivity contribution in [1.82, 2.24) is 0 Å². The largest absolute Gasteiger partial charge is 0.504 e. The maximum Gasteiger partial charge on any atom is 0.323 e. The van der Waals surface area contributed by atoms with Crippen molar-refractivity contribution in [3.8, 4) is 17.2 Å². The summed E-state index contributed by atoms with van der Waals surface area (Å²) >= 11 is 5.74. The van der Waals surface area contributed by atoms with E-state index in [9.17, 15) is 18.3 Å². The second kappa shape index (κ2) is 6.31. The Kier molecular flexibility index (Phi) is 4.33. The van der Waals surface area contributed by atoms with Gasteiger partial charge in [-0.3, -0.25) is 0 Å². The quantitative estimate of drug-likeness (QED) is 0.596. The highest BCUT2D eigenvalue weighted by molar-refractivity contribution is 7.89. The molecular formula is C14H12ClN3O6S. The molecule has 25 heavy (non-hydrogen) atoms. The van der Waals surface area contributed by atoms with E-state index in [-0.39, 0.29) is 17.5 Å². The van der Waals surface area contributed by atoms with E-state index in [4.69, 9.17) is 26.2 Å². The number of rotatable bonds is 3. The second-order valence-corrected chi connectivity index (χ2v) is 6.84. The number of nitrogens with two attached hydrogens (primary N) is 1. The Labute approximate surface area is 147 Å². The molecular weight excluding hydrogens is 374 g/mol. The predicted molar refractivity (Wildman–Crippen MR) is 89.7 cm³/mol. The fourth-order valence-corrected chi connectivity index (χ4v) is 3.42. The van der Waals surface area contributed by atoms with Gasteiger partial charge >= 0.3 is 6.03 Å². The zero-order chi connectivity index (χ0) is 18.2. The van der Waals surface area contributed by atoms with Crippen LogP contribution in [0.1, 0.15) is 0 Å². The van der Waals surface area contributed by atoms with Crippen LogP contribution in [-0.4, -0.2) is 26.3 Å². The molecule has 0 bridgehead atoms. The number of ether oxygens (including phenoxy) is 2. The molecule has 0 aliphatic carbocycles. The van der Waals surface area contributed by atoms with Crippen LogP contribution >= 0.6 is 11.6 Å². The topological polar surface area (TPSA) is 140 Å². The van der Waals surface area contributed by atoms with Crippen molar-refractivity contribution >= 4 is 39.0 Å². The Balaban J connectivity index is 1.84. The van der Waals surface area contributed by atoms with Crippen molar-refractivity contribution in [1.29, 1.82) is 0 Å². The van der Waals surface area contributed by atoms with Crippen molar-refractivity contribution in [3.05, 3.63) is 35.4 Å². The van der Waals surface area contributed by atoms with Gasteiger partial charge in [-0.2, -0.15) is 0 Å². The first-order chi connectivity index (χ1) is 11.8. The van der Waals surface area contributed by atoms with Crippen LogP contribution in [0.2, 0.25) is 5.02 Å². The minimum atomic E-state index is -4.28. The minimum Gasteiger partial charge on any atom is -0.504 e. The zero-order valence-corrected chi connectivity index (χ0v) is 14.0. The lowest BCUT2D eigenvalue weighted by molar-refractivity contribution is 0.174. The van der Waals surface area contributed by atoms with Gasteiger partial charge in [-0.05, 0) is 24.3 Å². The number of halogens is 1. The highest BCUT2D eigenvalue weighted by Crippen LogP contribution is 2.39. The molecule has 1 heterocycles. The number of primary sulfonamides is 1. The summed E-state index contributed by atoms with van der Waals surface area (Å²) in [4.78, 5) is 11.5. The van der Waals surface area contributed by atoms with Crippen LogP contribution in [0.25, 0.3) is 0 Å². The third-order valence-electron chi connectivity index (χ3n) is 3.26. The lowest BCUT2D eigenvalue weighted by atomic mass is 10.2. The monoisotopic (exact) mass is 385 g/mol. The molecule has 3 rings (SSSR count). The molecule has 0 unspecified atom stereocenters. The standard InChI is InChI=1S/C14H12ClN3O6S/c15-7-4-5-8(11(19)13(7)25(16,21)22)17-14(20)18-9-2-1-3-10-12(9)24-6-23-10/h1-5,19H,6H2,(H2,16,21,22)(H2,17,18,20). The van der Waals surface area contributed by atoms with E-state index >= 15 is 0 Å². The van der Waals surface area contributed by atoms with Crippen molar-refractivity contribution in [2.24, 2.45) is 5.14 Å². The molecule has 0 saturated heterocycles. The summed E-state index contributed by atoms with van der Waals surface area (Å²) < 4.78 is 33.5. The number of phenols is 1. The molecule has 5 N–H and O–H groups in total. The number of para-hydroxylation sites is 1. The number of urea groups is 1. The first kappa shape index (κ1) is 17.1. The smallest absolute Gasteiger partial charge is 0.323 e. The number of anilines is 2. The van der Waals surface area contributed by atoms with Gasteiger partial charge in [0.2, 0.25) is 16.8 Å². The molecule has 0 atom stereocenters. The summed E-state index contributed by atoms with van der Waals surface area (Å²) in [7, 11) is -4.28. The van der Waals surface area contributed by atoms with Gasteiger partial charge in [0, 0.05) is 0 Å². The first-order valence-electron chi connectivity index (χ1n) is 6.78. The van der Waals surface area contributed by atoms with Crippen molar-refractivity contribution in [3.63, 3.8) is 0 Å². The number of hydrogen-bond acceptors (Lipinski definition) is 6. The molecule has 0 radical (unpaired) electrons. The van der Waals surface area contributed by atoms with E-state index in [1.165, 1.54) is 12.1 Å². The molecule has 0 fully saturated rings. The summed E-state index contributed by atoms with van der Waals surface area (Å²) in [6.45, 7) is 0.0331. The van der Waals surface area contributed by atoms with E-state index in [1.807, 2.05) is 0 Å². The van der Waals surface area contributed by atoms with Crippen molar-refractivity contribution < 1.29 is 27.8 Å². The Morgan fingerprint density at radius 2 is 1.88 bits per heavy atom. The van der Waals surface area contributed by atoms with E-state index in [1.54, 1.807) is 18.2 Å². The number of benzene rings is 2. The molecule has 2 amide bonds. The zero-order valence-electron chi connectivity index (χ0n) is 12.4. The minimum absolute atomic E-state index is 0.0331. The third kappa shape index (κ3) is 3.40. The number of aromatic hydroxyl groups is 1. The molecule has 2 aromatic rings. The Hall–Kier alpha value is -2.69. The summed E-state index contributed by atoms with van der Waals surface area (Å²) in [5, 5.41) is 19.6. The summed E-state index contributed by atoms with van der Waals surface area (Å²) in [5.74, 6) is 0.0786. The van der Waals surface area contributed by atoms with Gasteiger partial charge in [0.15, 0.2) is 17.2 Å². The normalized spacial score (nSPS) is 12.7. The molecule has 9 nitrogen and oxygen atoms in total. The predicted octanol–water partition coefficient (Wildman–Crippen LogP) is 2.07. The third-order valence-corrected chi connectivity index (χ3v) is 4.67. The fraction of sp³-hybridized carbons (Fsp3) is 0.0714. The van der Waals surface area contributed by atoms with E-state index in [0.717, 1.165) is 0 Å². The molecule has 132 valence electrons. The average Bonchev–Trinajstić information content (AvgIpc) is 2.98. The van der Waals surface area contributed by atoms with E-state index in [2.05, 4.69) is 10.6 Å². The van der Waals surface area contributed by atoms with Gasteiger partial charge in [-0.15, -0.1) is 0 Å². The Morgan fingerprint density at radius 3 is 2.60 bits per heavy atom. The van der Waals surface area contributed by atoms with Gasteiger partial charge in [-0.1, -0.05) is 17.7 Å². The molecule has 1 aliphatic heterocycles. The van der Waals surface area contributed by atoms with Crippen molar-refractivity contribution in [2.45, 2.75) is 4.90 Å². The Morgan fingerprint density at radius 1 is 1.16 bits per heavy atom. The molecule has 0 spiro atoms. The lowest BCUT2D eigenvalue weighted by Crippen LogP contribution is -2.20. The average molecular weight is 386 g/mol. The summed E-state index contributed by atoms with van der Waals surface area (Å²) in [6.07, 6.45) is 0. The summed E-state index contributed by atoms with van der Waals surface area (Å²) in [5.41, 5.74) is 0.156. The van der Waals surface area contributed by atoms with Crippen LogP contribution in [0.4, 0.5) is 16.2 Å². The first-order valence-corrected chi connectivity index (χ1v) is 8.70. The van der Waals surface area contributed by atoms with Gasteiger partial charge in [0.05, 0.1) is 16.4 Å². The van der Waals surface area contributed by atoms with Crippen LogP contribution in [0, 0.1) is 0 Å². The number of sulfonamides is 1. The highest BCUT2D eigenvalue weighted by atomic mass is 35.5. The number of carbonyl (C=O) groups is 1. The maximum absolute atomic E-state index is 12.1. The van der Waals surface area contributed by atoms with Crippen LogP contribution in [0.5, 0.6) is 17.2 Å². The maximum atomic E-state index is 12.1. The number of nitrogens with one attached hydrogen (secondary N) is 2. The molecule has 11 heteroatoms. The lowest BCUT2D eigenvalue weighted by Gasteiger charge is -2.13. The number of amides is 2. The van der Waals surface area contributed by atoms with Crippen LogP contribution in [0.3, 0.4) is 0 Å². The van der Waals surface area contributed by atoms with Gasteiger partial charge in [0.1, 0.15) is 4.90 Å². The van der Waals surface area contributed by atoms with E-state index in [0.29, 0.717) is 17.2 Å². The van der Waals surface area contributed by atoms with E-state index < -0.39 is 26.7 Å². The molecule has 1 aliphatic rings. The molecule has 0 aromatic heterocycles. The van der Waals surface area contributed by atoms with Crippen molar-refractivity contribution in [2.75, 3.05) is 17.4 Å². The molecule has 0 saturated carbocycles.